The summed E-state index contributed by atoms with van der Waals surface area (Å²) in [5, 5.41) is 9.16. The Balaban J connectivity index is 2.00. The van der Waals surface area contributed by atoms with Crippen LogP contribution in [0.4, 0.5) is 10.1 Å². The molecule has 2 aromatic rings. The van der Waals surface area contributed by atoms with Crippen LogP contribution >= 0.6 is 24.0 Å². The number of amides is 1. The summed E-state index contributed by atoms with van der Waals surface area (Å²) in [5.41, 5.74) is 1.79. The summed E-state index contributed by atoms with van der Waals surface area (Å²) in [7, 11) is 0. The number of aromatic carboxylic acids is 1. The van der Waals surface area contributed by atoms with Gasteiger partial charge in [-0.15, -0.1) is 0 Å². The zero-order chi connectivity index (χ0) is 18.1. The number of halogens is 1. The van der Waals surface area contributed by atoms with Crippen molar-refractivity contribution >= 4 is 51.9 Å². The van der Waals surface area contributed by atoms with Crippen molar-refractivity contribution in [3.8, 4) is 0 Å². The second kappa shape index (κ2) is 6.78. The number of thioether (sulfide) groups is 1. The van der Waals surface area contributed by atoms with Gasteiger partial charge in [0, 0.05) is 0 Å². The van der Waals surface area contributed by atoms with E-state index in [9.17, 15) is 14.0 Å². The molecule has 0 unspecified atom stereocenters. The van der Waals surface area contributed by atoms with Crippen molar-refractivity contribution in [3.63, 3.8) is 0 Å². The van der Waals surface area contributed by atoms with Gasteiger partial charge in [-0.25, -0.2) is 9.18 Å². The predicted octanol–water partition coefficient (Wildman–Crippen LogP) is 4.24. The minimum Gasteiger partial charge on any atom is -0.478 e. The van der Waals surface area contributed by atoms with E-state index in [2.05, 4.69) is 0 Å². The highest BCUT2D eigenvalue weighted by molar-refractivity contribution is 8.27. The number of carbonyl (C=O) groups excluding carboxylic acids is 1. The minimum absolute atomic E-state index is 0.0729. The number of benzene rings is 2. The second-order valence-electron chi connectivity index (χ2n) is 5.38. The van der Waals surface area contributed by atoms with Gasteiger partial charge in [0.1, 0.15) is 5.82 Å². The molecule has 0 radical (unpaired) electrons. The van der Waals surface area contributed by atoms with Gasteiger partial charge in [-0.05, 0) is 48.4 Å². The Kier molecular flexibility index (Phi) is 4.69. The maximum atomic E-state index is 13.3. The van der Waals surface area contributed by atoms with Crippen molar-refractivity contribution in [2.45, 2.75) is 6.92 Å². The Labute approximate surface area is 153 Å². The topological polar surface area (TPSA) is 57.6 Å². The summed E-state index contributed by atoms with van der Waals surface area (Å²) >= 11 is 6.39. The molecule has 0 spiro atoms. The van der Waals surface area contributed by atoms with Gasteiger partial charge in [0.2, 0.25) is 0 Å². The molecule has 3 rings (SSSR count). The van der Waals surface area contributed by atoms with E-state index in [1.807, 2.05) is 0 Å². The standard InChI is InChI=1S/C18H12FNO3S2/c1-10-5-6-12(17(22)23)9-14(10)20-16(21)15(25-18(20)24)8-11-3-2-4-13(19)7-11/h2-9H,1H3,(H,22,23). The highest BCUT2D eigenvalue weighted by atomic mass is 32.2. The number of hydrogen-bond donors (Lipinski definition) is 1. The fourth-order valence-electron chi connectivity index (χ4n) is 2.41. The van der Waals surface area contributed by atoms with Crippen molar-refractivity contribution in [1.82, 2.24) is 0 Å². The van der Waals surface area contributed by atoms with Crippen LogP contribution in [-0.2, 0) is 4.79 Å². The molecule has 126 valence electrons. The smallest absolute Gasteiger partial charge is 0.335 e. The van der Waals surface area contributed by atoms with Crippen molar-refractivity contribution in [1.29, 1.82) is 0 Å². The lowest BCUT2D eigenvalue weighted by atomic mass is 10.1. The van der Waals surface area contributed by atoms with E-state index in [1.165, 1.54) is 29.2 Å². The molecule has 1 amide bonds. The van der Waals surface area contributed by atoms with Crippen LogP contribution in [0.5, 0.6) is 0 Å². The minimum atomic E-state index is -1.08. The summed E-state index contributed by atoms with van der Waals surface area (Å²) < 4.78 is 13.6. The molecule has 1 aliphatic rings. The maximum absolute atomic E-state index is 13.3. The first-order chi connectivity index (χ1) is 11.9. The zero-order valence-electron chi connectivity index (χ0n) is 13.0. The molecule has 0 aliphatic carbocycles. The van der Waals surface area contributed by atoms with E-state index in [0.29, 0.717) is 20.5 Å². The van der Waals surface area contributed by atoms with Crippen molar-refractivity contribution < 1.29 is 19.1 Å². The molecule has 1 N–H and O–H groups in total. The van der Waals surface area contributed by atoms with Crippen LogP contribution in [-0.4, -0.2) is 21.3 Å². The van der Waals surface area contributed by atoms with Crippen LogP contribution < -0.4 is 4.90 Å². The number of nitrogens with zero attached hydrogens (tertiary/aromatic N) is 1. The van der Waals surface area contributed by atoms with Crippen LogP contribution in [0.15, 0.2) is 47.4 Å². The number of anilines is 1. The average Bonchev–Trinajstić information content (AvgIpc) is 2.82. The summed E-state index contributed by atoms with van der Waals surface area (Å²) in [6.07, 6.45) is 1.57. The van der Waals surface area contributed by atoms with Gasteiger partial charge in [0.05, 0.1) is 16.2 Å². The molecule has 1 aliphatic heterocycles. The fourth-order valence-corrected chi connectivity index (χ4v) is 3.69. The van der Waals surface area contributed by atoms with Crippen LogP contribution in [0.25, 0.3) is 6.08 Å². The lowest BCUT2D eigenvalue weighted by molar-refractivity contribution is -0.113. The third kappa shape index (κ3) is 3.47. The van der Waals surface area contributed by atoms with Gasteiger partial charge in [-0.1, -0.05) is 42.2 Å². The molecular weight excluding hydrogens is 361 g/mol. The molecule has 25 heavy (non-hydrogen) atoms. The number of carboxylic acids is 1. The number of rotatable bonds is 3. The average molecular weight is 373 g/mol. The highest BCUT2D eigenvalue weighted by Gasteiger charge is 2.34. The third-order valence-corrected chi connectivity index (χ3v) is 4.94. The van der Waals surface area contributed by atoms with Crippen LogP contribution in [0.2, 0.25) is 0 Å². The summed E-state index contributed by atoms with van der Waals surface area (Å²) in [6.45, 7) is 1.77. The Hall–Kier alpha value is -2.51. The molecule has 4 nitrogen and oxygen atoms in total. The Bertz CT molecular complexity index is 940. The van der Waals surface area contributed by atoms with Gasteiger partial charge < -0.3 is 5.11 Å². The Morgan fingerprint density at radius 3 is 2.72 bits per heavy atom. The van der Waals surface area contributed by atoms with E-state index < -0.39 is 11.8 Å². The summed E-state index contributed by atoms with van der Waals surface area (Å²) in [5.74, 6) is -1.83. The summed E-state index contributed by atoms with van der Waals surface area (Å²) in [4.78, 5) is 25.6. The van der Waals surface area contributed by atoms with Gasteiger partial charge in [0.25, 0.3) is 5.91 Å². The first-order valence-corrected chi connectivity index (χ1v) is 8.47. The lowest BCUT2D eigenvalue weighted by Crippen LogP contribution is -2.28. The molecule has 0 aromatic heterocycles. The quantitative estimate of drug-likeness (QED) is 0.644. The Morgan fingerprint density at radius 2 is 2.04 bits per heavy atom. The SMILES string of the molecule is Cc1ccc(C(=O)O)cc1N1C(=O)C(=Cc2cccc(F)c2)SC1=S. The number of hydrogen-bond acceptors (Lipinski definition) is 4. The fraction of sp³-hybridized carbons (Fsp3) is 0.0556. The van der Waals surface area contributed by atoms with Gasteiger partial charge in [0.15, 0.2) is 4.32 Å². The molecule has 1 fully saturated rings. The number of carboxylic acid groups (broad SMARTS) is 1. The lowest BCUT2D eigenvalue weighted by Gasteiger charge is -2.17. The van der Waals surface area contributed by atoms with Crippen LogP contribution in [0, 0.1) is 12.7 Å². The largest absolute Gasteiger partial charge is 0.478 e. The second-order valence-corrected chi connectivity index (χ2v) is 7.05. The first-order valence-electron chi connectivity index (χ1n) is 7.24. The van der Waals surface area contributed by atoms with Gasteiger partial charge in [-0.2, -0.15) is 0 Å². The van der Waals surface area contributed by atoms with E-state index in [1.54, 1.807) is 31.2 Å². The van der Waals surface area contributed by atoms with E-state index in [0.717, 1.165) is 17.3 Å². The van der Waals surface area contributed by atoms with E-state index in [-0.39, 0.29) is 11.5 Å². The van der Waals surface area contributed by atoms with Crippen molar-refractivity contribution in [3.05, 3.63) is 69.9 Å². The highest BCUT2D eigenvalue weighted by Crippen LogP contribution is 2.37. The van der Waals surface area contributed by atoms with E-state index in [4.69, 9.17) is 17.3 Å². The first kappa shape index (κ1) is 17.3. The molecule has 7 heteroatoms. The van der Waals surface area contributed by atoms with E-state index >= 15 is 0 Å². The van der Waals surface area contributed by atoms with Crippen molar-refractivity contribution in [2.24, 2.45) is 0 Å². The molecule has 0 saturated carbocycles. The van der Waals surface area contributed by atoms with Gasteiger partial charge >= 0.3 is 5.97 Å². The molecule has 0 atom stereocenters. The molecule has 0 bridgehead atoms. The number of thiocarbonyl (C=S) groups is 1. The Morgan fingerprint density at radius 1 is 1.28 bits per heavy atom. The number of carbonyl (C=O) groups is 2. The molecule has 2 aromatic carbocycles. The monoisotopic (exact) mass is 373 g/mol. The molecule has 1 saturated heterocycles. The normalized spacial score (nSPS) is 15.9. The number of aryl methyl sites for hydroxylation is 1. The van der Waals surface area contributed by atoms with Crippen LogP contribution in [0.1, 0.15) is 21.5 Å². The maximum Gasteiger partial charge on any atom is 0.335 e. The molecule has 1 heterocycles. The van der Waals surface area contributed by atoms with Crippen LogP contribution in [0.3, 0.4) is 0 Å². The predicted molar refractivity (Wildman–Crippen MR) is 100 cm³/mol. The third-order valence-electron chi connectivity index (χ3n) is 3.64. The zero-order valence-corrected chi connectivity index (χ0v) is 14.7. The summed E-state index contributed by atoms with van der Waals surface area (Å²) in [6, 6.07) is 10.4. The van der Waals surface area contributed by atoms with Gasteiger partial charge in [-0.3, -0.25) is 9.69 Å². The molecular formula is C18H12FNO3S2. The van der Waals surface area contributed by atoms with Crippen molar-refractivity contribution in [2.75, 3.05) is 4.90 Å².